The summed E-state index contributed by atoms with van der Waals surface area (Å²) in [6.07, 6.45) is 16.4. The Morgan fingerprint density at radius 3 is 2.50 bits per heavy atom. The maximum atomic E-state index is 9.88. The van der Waals surface area contributed by atoms with Crippen molar-refractivity contribution in [2.24, 2.45) is 11.3 Å². The van der Waals surface area contributed by atoms with Crippen molar-refractivity contribution in [3.8, 4) is 17.3 Å². The van der Waals surface area contributed by atoms with Crippen molar-refractivity contribution < 1.29 is 0 Å². The predicted octanol–water partition coefficient (Wildman–Crippen LogP) is 8.64. The van der Waals surface area contributed by atoms with E-state index in [4.69, 9.17) is 4.98 Å². The van der Waals surface area contributed by atoms with Crippen LogP contribution < -0.4 is 0 Å². The Kier molecular flexibility index (Phi) is 9.10. The van der Waals surface area contributed by atoms with Crippen molar-refractivity contribution in [3.63, 3.8) is 0 Å². The van der Waals surface area contributed by atoms with E-state index in [1.54, 1.807) is 0 Å². The summed E-state index contributed by atoms with van der Waals surface area (Å²) in [4.78, 5) is 4.71. The molecule has 0 saturated heterocycles. The summed E-state index contributed by atoms with van der Waals surface area (Å²) >= 11 is 0. The molecule has 1 fully saturated rings. The number of aromatic nitrogens is 1. The quantitative estimate of drug-likeness (QED) is 0.265. The van der Waals surface area contributed by atoms with Crippen molar-refractivity contribution >= 4 is 0 Å². The number of pyridine rings is 1. The number of unbranched alkanes of at least 4 members (excludes halogenated alkanes) is 2. The minimum Gasteiger partial charge on any atom is -0.256 e. The fraction of sp³-hybridized carbons (Fsp3) is 0.533. The molecular weight excluding hydrogens is 388 g/mol. The zero-order valence-electron chi connectivity index (χ0n) is 20.2. The van der Waals surface area contributed by atoms with Gasteiger partial charge in [0.2, 0.25) is 0 Å². The smallest absolute Gasteiger partial charge is 0.0702 e. The number of hydrogen-bond acceptors (Lipinski definition) is 2. The summed E-state index contributed by atoms with van der Waals surface area (Å²) < 4.78 is 0. The van der Waals surface area contributed by atoms with E-state index in [1.807, 2.05) is 12.3 Å². The predicted molar refractivity (Wildman–Crippen MR) is 135 cm³/mol. The molecule has 1 heterocycles. The van der Waals surface area contributed by atoms with Crippen molar-refractivity contribution in [1.29, 1.82) is 5.26 Å². The van der Waals surface area contributed by atoms with Gasteiger partial charge in [-0.1, -0.05) is 56.7 Å². The van der Waals surface area contributed by atoms with E-state index >= 15 is 0 Å². The van der Waals surface area contributed by atoms with Crippen LogP contribution in [0.25, 0.3) is 11.3 Å². The second-order valence-electron chi connectivity index (χ2n) is 9.93. The molecule has 2 aromatic rings. The molecule has 1 atom stereocenters. The second-order valence-corrected chi connectivity index (χ2v) is 9.93. The third kappa shape index (κ3) is 6.55. The number of nitriles is 1. The molecule has 0 aliphatic heterocycles. The van der Waals surface area contributed by atoms with Gasteiger partial charge in [0.25, 0.3) is 0 Å². The molecule has 0 radical (unpaired) electrons. The van der Waals surface area contributed by atoms with Crippen LogP contribution in [-0.4, -0.2) is 4.98 Å². The first kappa shape index (κ1) is 24.2. The molecule has 0 N–H and O–H groups in total. The highest BCUT2D eigenvalue weighted by Gasteiger charge is 2.35. The molecule has 3 rings (SSSR count). The summed E-state index contributed by atoms with van der Waals surface area (Å²) in [5.74, 6) is 1.31. The molecule has 0 unspecified atom stereocenters. The summed E-state index contributed by atoms with van der Waals surface area (Å²) in [5.41, 5.74) is 4.87. The van der Waals surface area contributed by atoms with E-state index in [1.165, 1.54) is 42.4 Å². The van der Waals surface area contributed by atoms with Gasteiger partial charge in [-0.2, -0.15) is 5.26 Å². The highest BCUT2D eigenvalue weighted by molar-refractivity contribution is 5.59. The Labute approximate surface area is 195 Å². The lowest BCUT2D eigenvalue weighted by molar-refractivity contribution is 0.213. The van der Waals surface area contributed by atoms with Crippen molar-refractivity contribution in [3.05, 3.63) is 66.4 Å². The van der Waals surface area contributed by atoms with Crippen LogP contribution in [0.2, 0.25) is 0 Å². The molecular formula is C30H40N2. The maximum Gasteiger partial charge on any atom is 0.0702 e. The van der Waals surface area contributed by atoms with Gasteiger partial charge >= 0.3 is 0 Å². The zero-order valence-corrected chi connectivity index (χ0v) is 20.2. The molecule has 170 valence electrons. The highest BCUT2D eigenvalue weighted by atomic mass is 14.7. The molecule has 2 nitrogen and oxygen atoms in total. The van der Waals surface area contributed by atoms with E-state index in [2.05, 4.69) is 62.9 Å². The van der Waals surface area contributed by atoms with Crippen LogP contribution in [0, 0.1) is 22.7 Å². The molecule has 1 aromatic heterocycles. The van der Waals surface area contributed by atoms with Crippen LogP contribution in [0.1, 0.15) is 95.1 Å². The Morgan fingerprint density at radius 1 is 1.16 bits per heavy atom. The third-order valence-electron chi connectivity index (χ3n) is 7.62. The van der Waals surface area contributed by atoms with E-state index in [0.29, 0.717) is 5.92 Å². The van der Waals surface area contributed by atoms with Crippen LogP contribution in [0.4, 0.5) is 0 Å². The SMILES string of the molecule is C=CCCCCc1ccc(-c2ccc(C3CCC(C#N)(CC[C@@H](C)CC)CC3)cc2)nc1. The van der Waals surface area contributed by atoms with E-state index in [9.17, 15) is 5.26 Å². The minimum atomic E-state index is -0.0861. The lowest BCUT2D eigenvalue weighted by Crippen LogP contribution is -2.26. The fourth-order valence-corrected chi connectivity index (χ4v) is 4.94. The highest BCUT2D eigenvalue weighted by Crippen LogP contribution is 2.46. The molecule has 0 bridgehead atoms. The Morgan fingerprint density at radius 2 is 1.91 bits per heavy atom. The van der Waals surface area contributed by atoms with Gasteiger partial charge in [0.05, 0.1) is 17.2 Å². The van der Waals surface area contributed by atoms with Crippen molar-refractivity contribution in [2.45, 2.75) is 90.4 Å². The van der Waals surface area contributed by atoms with Crippen LogP contribution in [-0.2, 0) is 6.42 Å². The Hall–Kier alpha value is -2.40. The standard InChI is InChI=1S/C30H40N2/c1-4-6-7-8-9-25-10-15-29(32-22-25)28-13-11-26(12-14-28)27-17-20-30(23-31,21-18-27)19-16-24(3)5-2/h4,10-15,22,24,27H,1,5-9,16-21H2,2-3H3/t24-,27?,30?/m0/s1. The first-order chi connectivity index (χ1) is 15.6. The van der Waals surface area contributed by atoms with Gasteiger partial charge in [0.1, 0.15) is 0 Å². The van der Waals surface area contributed by atoms with Crippen LogP contribution >= 0.6 is 0 Å². The number of allylic oxidation sites excluding steroid dienone is 1. The number of benzene rings is 1. The number of rotatable bonds is 11. The number of nitrogens with zero attached hydrogens (tertiary/aromatic N) is 2. The third-order valence-corrected chi connectivity index (χ3v) is 7.62. The van der Waals surface area contributed by atoms with E-state index < -0.39 is 0 Å². The van der Waals surface area contributed by atoms with Gasteiger partial charge in [0, 0.05) is 11.8 Å². The fourth-order valence-electron chi connectivity index (χ4n) is 4.94. The van der Waals surface area contributed by atoms with E-state index in [0.717, 1.165) is 56.6 Å². The number of hydrogen-bond donors (Lipinski definition) is 0. The molecule has 0 spiro atoms. The molecule has 1 aromatic carbocycles. The molecule has 2 heteroatoms. The molecule has 1 aliphatic rings. The van der Waals surface area contributed by atoms with Crippen LogP contribution in [0.3, 0.4) is 0 Å². The molecule has 0 amide bonds. The van der Waals surface area contributed by atoms with Crippen molar-refractivity contribution in [2.75, 3.05) is 0 Å². The monoisotopic (exact) mass is 428 g/mol. The maximum absolute atomic E-state index is 9.88. The molecule has 32 heavy (non-hydrogen) atoms. The van der Waals surface area contributed by atoms with E-state index in [-0.39, 0.29) is 5.41 Å². The summed E-state index contributed by atoms with van der Waals surface area (Å²) in [5, 5.41) is 9.88. The Bertz CT molecular complexity index is 865. The van der Waals surface area contributed by atoms with Gasteiger partial charge < -0.3 is 0 Å². The van der Waals surface area contributed by atoms with Gasteiger partial charge in [0.15, 0.2) is 0 Å². The second kappa shape index (κ2) is 12.0. The number of aryl methyl sites for hydroxylation is 1. The van der Waals surface area contributed by atoms with Gasteiger partial charge in [-0.15, -0.1) is 6.58 Å². The summed E-state index contributed by atoms with van der Waals surface area (Å²) in [6.45, 7) is 8.35. The Balaban J connectivity index is 1.55. The minimum absolute atomic E-state index is 0.0861. The van der Waals surface area contributed by atoms with Gasteiger partial charge in [-0.3, -0.25) is 4.98 Å². The first-order valence-electron chi connectivity index (χ1n) is 12.7. The zero-order chi connectivity index (χ0) is 22.8. The molecule has 1 saturated carbocycles. The van der Waals surface area contributed by atoms with Crippen LogP contribution in [0.5, 0.6) is 0 Å². The summed E-state index contributed by atoms with van der Waals surface area (Å²) in [7, 11) is 0. The van der Waals surface area contributed by atoms with Crippen molar-refractivity contribution in [1.82, 2.24) is 4.98 Å². The topological polar surface area (TPSA) is 36.7 Å². The summed E-state index contributed by atoms with van der Waals surface area (Å²) in [6, 6.07) is 16.1. The average Bonchev–Trinajstić information content (AvgIpc) is 2.86. The normalized spacial score (nSPS) is 21.6. The lowest BCUT2D eigenvalue weighted by Gasteiger charge is -2.36. The molecule has 1 aliphatic carbocycles. The van der Waals surface area contributed by atoms with Gasteiger partial charge in [-0.05, 0) is 93.2 Å². The largest absolute Gasteiger partial charge is 0.256 e. The first-order valence-corrected chi connectivity index (χ1v) is 12.7. The average molecular weight is 429 g/mol. The van der Waals surface area contributed by atoms with Crippen LogP contribution in [0.15, 0.2) is 55.3 Å². The lowest BCUT2D eigenvalue weighted by atomic mass is 9.67. The van der Waals surface area contributed by atoms with Gasteiger partial charge in [-0.25, -0.2) is 0 Å².